The number of nitrogens with two attached hydrogens (primary N) is 1. The number of phenolic OH excluding ortho intramolecular Hbond substituents is 1. The molecule has 1 unspecified atom stereocenters. The van der Waals surface area contributed by atoms with Gasteiger partial charge < -0.3 is 10.8 Å². The summed E-state index contributed by atoms with van der Waals surface area (Å²) in [5, 5.41) is 17.9. The summed E-state index contributed by atoms with van der Waals surface area (Å²) in [5.74, 6) is -0.619. The molecule has 3 nitrogen and oxygen atoms in total. The van der Waals surface area contributed by atoms with E-state index in [1.807, 2.05) is 0 Å². The summed E-state index contributed by atoms with van der Waals surface area (Å²) < 4.78 is 12.8. The number of halogens is 1. The monoisotopic (exact) mass is 180 g/mol. The lowest BCUT2D eigenvalue weighted by Crippen LogP contribution is -2.08. The highest BCUT2D eigenvalue weighted by atomic mass is 19.1. The normalized spacial score (nSPS) is 12.2. The number of nitriles is 1. The van der Waals surface area contributed by atoms with Gasteiger partial charge in [-0.2, -0.15) is 5.26 Å². The first-order chi connectivity index (χ1) is 6.06. The van der Waals surface area contributed by atoms with Crippen molar-refractivity contribution < 1.29 is 9.50 Å². The molecule has 0 aliphatic carbocycles. The van der Waals surface area contributed by atoms with Crippen molar-refractivity contribution in [1.82, 2.24) is 0 Å². The maximum atomic E-state index is 12.8. The second kappa shape index (κ2) is 3.42. The number of rotatable bonds is 1. The first-order valence-electron chi connectivity index (χ1n) is 3.70. The van der Waals surface area contributed by atoms with Crippen LogP contribution in [0.3, 0.4) is 0 Å². The van der Waals surface area contributed by atoms with Crippen LogP contribution in [0.2, 0.25) is 0 Å². The van der Waals surface area contributed by atoms with Gasteiger partial charge in [0.05, 0.1) is 6.07 Å². The molecule has 0 aliphatic heterocycles. The van der Waals surface area contributed by atoms with Gasteiger partial charge in [0.1, 0.15) is 17.6 Å². The Labute approximate surface area is 75.2 Å². The van der Waals surface area contributed by atoms with Gasteiger partial charge in [0, 0.05) is 5.56 Å². The number of aryl methyl sites for hydroxylation is 1. The van der Waals surface area contributed by atoms with E-state index in [2.05, 4.69) is 0 Å². The highest BCUT2D eigenvalue weighted by molar-refractivity contribution is 5.43. The van der Waals surface area contributed by atoms with Crippen molar-refractivity contribution >= 4 is 0 Å². The molecule has 0 amide bonds. The average molecular weight is 180 g/mol. The molecular formula is C9H9FN2O. The molecule has 0 heterocycles. The maximum absolute atomic E-state index is 12.8. The van der Waals surface area contributed by atoms with Crippen LogP contribution in [0.5, 0.6) is 5.75 Å². The minimum Gasteiger partial charge on any atom is -0.507 e. The molecule has 0 bridgehead atoms. The van der Waals surface area contributed by atoms with E-state index in [1.165, 1.54) is 6.07 Å². The minimum absolute atomic E-state index is 0.115. The van der Waals surface area contributed by atoms with Crippen LogP contribution >= 0.6 is 0 Å². The van der Waals surface area contributed by atoms with Crippen LogP contribution in [0, 0.1) is 24.1 Å². The molecular weight excluding hydrogens is 171 g/mol. The third-order valence-electron chi connectivity index (χ3n) is 1.77. The Kier molecular flexibility index (Phi) is 2.49. The van der Waals surface area contributed by atoms with Crippen LogP contribution in [0.15, 0.2) is 12.1 Å². The molecule has 0 aromatic heterocycles. The summed E-state index contributed by atoms with van der Waals surface area (Å²) in [6.45, 7) is 1.55. The van der Waals surface area contributed by atoms with Crippen molar-refractivity contribution in [2.45, 2.75) is 13.0 Å². The van der Waals surface area contributed by atoms with Crippen LogP contribution in [-0.4, -0.2) is 5.11 Å². The second-order valence-corrected chi connectivity index (χ2v) is 2.77. The van der Waals surface area contributed by atoms with Gasteiger partial charge in [-0.25, -0.2) is 4.39 Å². The predicted molar refractivity (Wildman–Crippen MR) is 45.3 cm³/mol. The number of benzene rings is 1. The molecule has 0 saturated carbocycles. The lowest BCUT2D eigenvalue weighted by molar-refractivity contribution is 0.459. The third kappa shape index (κ3) is 1.76. The van der Waals surface area contributed by atoms with Gasteiger partial charge in [-0.3, -0.25) is 0 Å². The van der Waals surface area contributed by atoms with Crippen molar-refractivity contribution in [2.24, 2.45) is 5.73 Å². The molecule has 0 saturated heterocycles. The fraction of sp³-hybridized carbons (Fsp3) is 0.222. The molecule has 1 rings (SSSR count). The smallest absolute Gasteiger partial charge is 0.124 e. The Hall–Kier alpha value is -1.60. The van der Waals surface area contributed by atoms with Crippen molar-refractivity contribution in [3.8, 4) is 11.8 Å². The minimum atomic E-state index is -0.991. The van der Waals surface area contributed by atoms with Gasteiger partial charge in [0.2, 0.25) is 0 Å². The van der Waals surface area contributed by atoms with Crippen molar-refractivity contribution in [3.63, 3.8) is 0 Å². The average Bonchev–Trinajstić information content (AvgIpc) is 2.10. The maximum Gasteiger partial charge on any atom is 0.124 e. The van der Waals surface area contributed by atoms with Crippen LogP contribution in [0.4, 0.5) is 4.39 Å². The number of phenols is 1. The Balaban J connectivity index is 3.30. The van der Waals surface area contributed by atoms with Crippen LogP contribution < -0.4 is 5.73 Å². The summed E-state index contributed by atoms with van der Waals surface area (Å²) in [5.41, 5.74) is 5.85. The highest BCUT2D eigenvalue weighted by Crippen LogP contribution is 2.27. The zero-order chi connectivity index (χ0) is 10.0. The Morgan fingerprint density at radius 3 is 2.77 bits per heavy atom. The standard InChI is InChI=1S/C9H9FN2O/c1-5-2-6(10)3-7(9(5)13)8(12)4-11/h2-3,8,13H,12H2,1H3. The van der Waals surface area contributed by atoms with E-state index >= 15 is 0 Å². The van der Waals surface area contributed by atoms with Gasteiger partial charge in [0.15, 0.2) is 0 Å². The molecule has 4 heteroatoms. The second-order valence-electron chi connectivity index (χ2n) is 2.77. The predicted octanol–water partition coefficient (Wildman–Crippen LogP) is 1.36. The fourth-order valence-electron chi connectivity index (χ4n) is 1.07. The van der Waals surface area contributed by atoms with E-state index in [9.17, 15) is 9.50 Å². The lowest BCUT2D eigenvalue weighted by Gasteiger charge is -2.08. The van der Waals surface area contributed by atoms with E-state index in [0.717, 1.165) is 6.07 Å². The van der Waals surface area contributed by atoms with E-state index in [4.69, 9.17) is 11.0 Å². The first kappa shape index (κ1) is 9.49. The van der Waals surface area contributed by atoms with Crippen molar-refractivity contribution in [1.29, 1.82) is 5.26 Å². The van der Waals surface area contributed by atoms with E-state index in [0.29, 0.717) is 5.56 Å². The van der Waals surface area contributed by atoms with Crippen LogP contribution in [-0.2, 0) is 0 Å². The molecule has 0 fully saturated rings. The van der Waals surface area contributed by atoms with E-state index in [1.54, 1.807) is 13.0 Å². The third-order valence-corrected chi connectivity index (χ3v) is 1.77. The quantitative estimate of drug-likeness (QED) is 0.685. The number of aromatic hydroxyl groups is 1. The van der Waals surface area contributed by atoms with E-state index < -0.39 is 11.9 Å². The van der Waals surface area contributed by atoms with Crippen LogP contribution in [0.1, 0.15) is 17.2 Å². The summed E-state index contributed by atoms with van der Waals surface area (Å²) in [7, 11) is 0. The Bertz CT molecular complexity index is 371. The Morgan fingerprint density at radius 2 is 2.23 bits per heavy atom. The molecule has 1 atom stereocenters. The van der Waals surface area contributed by atoms with Gasteiger partial charge in [-0.15, -0.1) is 0 Å². The summed E-state index contributed by atoms with van der Waals surface area (Å²) in [4.78, 5) is 0. The van der Waals surface area contributed by atoms with Gasteiger partial charge in [-0.1, -0.05) is 0 Å². The summed E-state index contributed by atoms with van der Waals surface area (Å²) >= 11 is 0. The molecule has 0 radical (unpaired) electrons. The lowest BCUT2D eigenvalue weighted by atomic mass is 10.0. The van der Waals surface area contributed by atoms with Crippen molar-refractivity contribution in [3.05, 3.63) is 29.1 Å². The Morgan fingerprint density at radius 1 is 1.62 bits per heavy atom. The summed E-state index contributed by atoms with van der Waals surface area (Å²) in [6, 6.07) is 2.99. The number of hydrogen-bond acceptors (Lipinski definition) is 3. The SMILES string of the molecule is Cc1cc(F)cc(C(N)C#N)c1O. The zero-order valence-electron chi connectivity index (χ0n) is 7.08. The first-order valence-corrected chi connectivity index (χ1v) is 3.70. The number of nitrogens with zero attached hydrogens (tertiary/aromatic N) is 1. The molecule has 1 aromatic carbocycles. The fourth-order valence-corrected chi connectivity index (χ4v) is 1.07. The van der Waals surface area contributed by atoms with Crippen LogP contribution in [0.25, 0.3) is 0 Å². The molecule has 3 N–H and O–H groups in total. The molecule has 68 valence electrons. The molecule has 0 spiro atoms. The number of hydrogen-bond donors (Lipinski definition) is 2. The largest absolute Gasteiger partial charge is 0.507 e. The van der Waals surface area contributed by atoms with Gasteiger partial charge in [-0.05, 0) is 24.6 Å². The van der Waals surface area contributed by atoms with E-state index in [-0.39, 0.29) is 11.3 Å². The van der Waals surface area contributed by atoms with Gasteiger partial charge in [0.25, 0.3) is 0 Å². The van der Waals surface area contributed by atoms with Gasteiger partial charge >= 0.3 is 0 Å². The molecule has 13 heavy (non-hydrogen) atoms. The zero-order valence-corrected chi connectivity index (χ0v) is 7.08. The summed E-state index contributed by atoms with van der Waals surface area (Å²) in [6.07, 6.45) is 0. The topological polar surface area (TPSA) is 70.0 Å². The highest BCUT2D eigenvalue weighted by Gasteiger charge is 2.13. The molecule has 1 aromatic rings. The molecule has 0 aliphatic rings. The van der Waals surface area contributed by atoms with Crippen molar-refractivity contribution in [2.75, 3.05) is 0 Å².